The normalized spacial score (nSPS) is 25.4. The molecule has 1 aromatic carbocycles. The number of pyridine rings is 1. The molecule has 3 aliphatic heterocycles. The summed E-state index contributed by atoms with van der Waals surface area (Å²) in [6.45, 7) is 3.34. The van der Waals surface area contributed by atoms with Gasteiger partial charge < -0.3 is 16.0 Å². The van der Waals surface area contributed by atoms with Gasteiger partial charge in [-0.1, -0.05) is 12.1 Å². The number of piperidine rings is 3. The number of nitrogens with two attached hydrogens (primary N) is 1. The highest BCUT2D eigenvalue weighted by molar-refractivity contribution is 5.95. The number of hydrogen-bond donors (Lipinski definition) is 2. The van der Waals surface area contributed by atoms with Crippen LogP contribution >= 0.6 is 0 Å². The molecule has 124 valence electrons. The van der Waals surface area contributed by atoms with E-state index < -0.39 is 0 Å². The molecule has 5 rings (SSSR count). The Morgan fingerprint density at radius 2 is 1.92 bits per heavy atom. The number of anilines is 1. The molecule has 5 heteroatoms. The van der Waals surface area contributed by atoms with Crippen molar-refractivity contribution in [3.8, 4) is 11.3 Å². The summed E-state index contributed by atoms with van der Waals surface area (Å²) in [7, 11) is 0. The third-order valence-electron chi connectivity index (χ3n) is 5.23. The van der Waals surface area contributed by atoms with Crippen molar-refractivity contribution in [1.29, 1.82) is 0 Å². The lowest BCUT2D eigenvalue weighted by molar-refractivity contribution is 0.0620. The van der Waals surface area contributed by atoms with Crippen LogP contribution in [0.2, 0.25) is 0 Å². The van der Waals surface area contributed by atoms with Crippen molar-refractivity contribution < 1.29 is 4.79 Å². The van der Waals surface area contributed by atoms with Crippen LogP contribution < -0.4 is 11.1 Å². The van der Waals surface area contributed by atoms with Gasteiger partial charge in [-0.3, -0.25) is 9.78 Å². The Balaban J connectivity index is 1.47. The summed E-state index contributed by atoms with van der Waals surface area (Å²) >= 11 is 0. The summed E-state index contributed by atoms with van der Waals surface area (Å²) in [6.07, 6.45) is 4.12. The van der Waals surface area contributed by atoms with Crippen molar-refractivity contribution >= 4 is 11.6 Å². The second kappa shape index (κ2) is 6.24. The molecule has 0 radical (unpaired) electrons. The third kappa shape index (κ3) is 2.87. The van der Waals surface area contributed by atoms with Crippen LogP contribution in [0.4, 0.5) is 5.69 Å². The summed E-state index contributed by atoms with van der Waals surface area (Å²) in [5.41, 5.74) is 8.96. The second-order valence-electron chi connectivity index (χ2n) is 6.74. The fraction of sp³-hybridized carbons (Fsp3) is 0.368. The summed E-state index contributed by atoms with van der Waals surface area (Å²) in [5, 5.41) is 3.22. The molecule has 3 fully saturated rings. The molecule has 3 N–H and O–H groups in total. The molecule has 3 aliphatic rings. The zero-order valence-corrected chi connectivity index (χ0v) is 13.6. The van der Waals surface area contributed by atoms with Crippen LogP contribution in [-0.2, 0) is 0 Å². The Morgan fingerprint density at radius 1 is 1.17 bits per heavy atom. The lowest BCUT2D eigenvalue weighted by atomic mass is 9.84. The highest BCUT2D eigenvalue weighted by atomic mass is 16.1. The van der Waals surface area contributed by atoms with Gasteiger partial charge >= 0.3 is 0 Å². The molecule has 4 heterocycles. The second-order valence-corrected chi connectivity index (χ2v) is 6.74. The van der Waals surface area contributed by atoms with Gasteiger partial charge in [-0.25, -0.2) is 0 Å². The maximum absolute atomic E-state index is 12.5. The van der Waals surface area contributed by atoms with Crippen LogP contribution in [0, 0.1) is 5.92 Å². The van der Waals surface area contributed by atoms with E-state index in [1.165, 1.54) is 25.9 Å². The van der Waals surface area contributed by atoms with Gasteiger partial charge in [-0.2, -0.15) is 0 Å². The van der Waals surface area contributed by atoms with Crippen molar-refractivity contribution in [3.63, 3.8) is 0 Å². The van der Waals surface area contributed by atoms with Crippen LogP contribution in [0.1, 0.15) is 23.2 Å². The first-order chi connectivity index (χ1) is 11.7. The summed E-state index contributed by atoms with van der Waals surface area (Å²) in [5.74, 6) is 0.640. The van der Waals surface area contributed by atoms with Gasteiger partial charge in [0.2, 0.25) is 0 Å². The molecule has 1 aromatic heterocycles. The molecule has 5 nitrogen and oxygen atoms in total. The average molecular weight is 322 g/mol. The van der Waals surface area contributed by atoms with E-state index in [0.29, 0.717) is 17.2 Å². The van der Waals surface area contributed by atoms with Gasteiger partial charge in [-0.05, 0) is 56.1 Å². The number of hydrogen-bond acceptors (Lipinski definition) is 4. The third-order valence-corrected chi connectivity index (χ3v) is 5.23. The Labute approximate surface area is 141 Å². The number of amides is 1. The number of nitrogens with zero attached hydrogens (tertiary/aromatic N) is 2. The molecule has 1 atom stereocenters. The number of carbonyl (C=O) groups is 1. The van der Waals surface area contributed by atoms with E-state index in [1.54, 1.807) is 6.20 Å². The topological polar surface area (TPSA) is 71.2 Å². The zero-order valence-electron chi connectivity index (χ0n) is 13.6. The molecule has 2 bridgehead atoms. The Kier molecular flexibility index (Phi) is 3.94. The van der Waals surface area contributed by atoms with Crippen LogP contribution in [-0.4, -0.2) is 41.5 Å². The first-order valence-electron chi connectivity index (χ1n) is 8.55. The fourth-order valence-corrected chi connectivity index (χ4v) is 3.82. The summed E-state index contributed by atoms with van der Waals surface area (Å²) in [6, 6.07) is 11.4. The molecule has 0 aliphatic carbocycles. The van der Waals surface area contributed by atoms with Crippen LogP contribution in [0.5, 0.6) is 0 Å². The Bertz CT molecular complexity index is 735. The minimum absolute atomic E-state index is 0.00860. The standard InChI is InChI=1S/C19H22N4O/c20-16-2-1-9-21-18(16)14-3-5-15(6-4-14)19(24)22-17-12-23-10-7-13(17)8-11-23/h1-6,9,13,17H,7-8,10-12,20H2,(H,22,24)/t17-/m0/s1. The lowest BCUT2D eigenvalue weighted by Crippen LogP contribution is -2.57. The molecule has 2 aromatic rings. The zero-order chi connectivity index (χ0) is 16.5. The molecule has 0 saturated carbocycles. The predicted octanol–water partition coefficient (Wildman–Crippen LogP) is 2.15. The molecule has 3 saturated heterocycles. The summed E-state index contributed by atoms with van der Waals surface area (Å²) < 4.78 is 0. The minimum Gasteiger partial charge on any atom is -0.397 e. The predicted molar refractivity (Wildman–Crippen MR) is 94.5 cm³/mol. The average Bonchev–Trinajstić information content (AvgIpc) is 2.63. The first-order valence-corrected chi connectivity index (χ1v) is 8.55. The van der Waals surface area contributed by atoms with Crippen LogP contribution in [0.3, 0.4) is 0 Å². The smallest absolute Gasteiger partial charge is 0.251 e. The van der Waals surface area contributed by atoms with Crippen molar-refractivity contribution in [1.82, 2.24) is 15.2 Å². The summed E-state index contributed by atoms with van der Waals surface area (Å²) in [4.78, 5) is 19.3. The molecule has 24 heavy (non-hydrogen) atoms. The molecule has 1 amide bonds. The SMILES string of the molecule is Nc1cccnc1-c1ccc(C(=O)N[C@H]2CN3CCC2CC3)cc1. The van der Waals surface area contributed by atoms with E-state index in [0.717, 1.165) is 17.8 Å². The highest BCUT2D eigenvalue weighted by Crippen LogP contribution is 2.28. The monoisotopic (exact) mass is 322 g/mol. The van der Waals surface area contributed by atoms with Gasteiger partial charge in [0, 0.05) is 29.9 Å². The number of nitrogen functional groups attached to an aromatic ring is 1. The molecular weight excluding hydrogens is 300 g/mol. The van der Waals surface area contributed by atoms with E-state index in [2.05, 4.69) is 15.2 Å². The number of rotatable bonds is 3. The largest absolute Gasteiger partial charge is 0.397 e. The van der Waals surface area contributed by atoms with Crippen molar-refractivity contribution in [2.75, 3.05) is 25.4 Å². The van der Waals surface area contributed by atoms with E-state index >= 15 is 0 Å². The van der Waals surface area contributed by atoms with Gasteiger partial charge in [-0.15, -0.1) is 0 Å². The molecule has 0 spiro atoms. The van der Waals surface area contributed by atoms with E-state index in [-0.39, 0.29) is 11.9 Å². The number of benzene rings is 1. The quantitative estimate of drug-likeness (QED) is 0.908. The minimum atomic E-state index is 0.00860. The number of carbonyl (C=O) groups excluding carboxylic acids is 1. The van der Waals surface area contributed by atoms with Crippen molar-refractivity contribution in [2.24, 2.45) is 5.92 Å². The van der Waals surface area contributed by atoms with Crippen LogP contribution in [0.15, 0.2) is 42.6 Å². The van der Waals surface area contributed by atoms with Gasteiger partial charge in [0.05, 0.1) is 11.4 Å². The van der Waals surface area contributed by atoms with Gasteiger partial charge in [0.25, 0.3) is 5.91 Å². The molecular formula is C19H22N4O. The van der Waals surface area contributed by atoms with Gasteiger partial charge in [0.15, 0.2) is 0 Å². The van der Waals surface area contributed by atoms with E-state index in [4.69, 9.17) is 5.73 Å². The van der Waals surface area contributed by atoms with Crippen LogP contribution in [0.25, 0.3) is 11.3 Å². The van der Waals surface area contributed by atoms with E-state index in [1.807, 2.05) is 36.4 Å². The maximum Gasteiger partial charge on any atom is 0.251 e. The number of aromatic nitrogens is 1. The highest BCUT2D eigenvalue weighted by Gasteiger charge is 2.34. The maximum atomic E-state index is 12.5. The Hall–Kier alpha value is -2.40. The number of fused-ring (bicyclic) bond motifs is 3. The van der Waals surface area contributed by atoms with E-state index in [9.17, 15) is 4.79 Å². The fourth-order valence-electron chi connectivity index (χ4n) is 3.82. The first kappa shape index (κ1) is 15.1. The Morgan fingerprint density at radius 3 is 2.54 bits per heavy atom. The number of nitrogens with one attached hydrogen (secondary N) is 1. The van der Waals surface area contributed by atoms with Gasteiger partial charge in [0.1, 0.15) is 0 Å². The lowest BCUT2D eigenvalue weighted by Gasteiger charge is -2.44. The molecule has 0 unspecified atom stereocenters. The van der Waals surface area contributed by atoms with Crippen molar-refractivity contribution in [3.05, 3.63) is 48.2 Å². The van der Waals surface area contributed by atoms with Crippen molar-refractivity contribution in [2.45, 2.75) is 18.9 Å².